The van der Waals surface area contributed by atoms with Gasteiger partial charge >= 0.3 is 12.1 Å². The number of carbonyl (C=O) groups is 3. The van der Waals surface area contributed by atoms with E-state index in [2.05, 4.69) is 22.6 Å². The van der Waals surface area contributed by atoms with Crippen LogP contribution in [0.2, 0.25) is 0 Å². The molecule has 1 fully saturated rings. The molecule has 0 radical (unpaired) electrons. The maximum absolute atomic E-state index is 12.8. The van der Waals surface area contributed by atoms with Crippen LogP contribution in [0.3, 0.4) is 0 Å². The van der Waals surface area contributed by atoms with E-state index < -0.39 is 18.0 Å². The summed E-state index contributed by atoms with van der Waals surface area (Å²) in [5.74, 6) is -1.11. The fourth-order valence-electron chi connectivity index (χ4n) is 4.45. The zero-order valence-corrected chi connectivity index (χ0v) is 19.0. The van der Waals surface area contributed by atoms with Crippen LogP contribution < -0.4 is 5.32 Å². The third kappa shape index (κ3) is 5.03. The molecule has 180 valence electrons. The molecule has 0 aliphatic heterocycles. The van der Waals surface area contributed by atoms with Gasteiger partial charge in [-0.15, -0.1) is 0 Å². The second kappa shape index (κ2) is 9.61. The highest BCUT2D eigenvalue weighted by molar-refractivity contribution is 5.94. The summed E-state index contributed by atoms with van der Waals surface area (Å²) >= 11 is 0. The van der Waals surface area contributed by atoms with E-state index in [1.54, 1.807) is 0 Å². The van der Waals surface area contributed by atoms with Crippen molar-refractivity contribution in [1.29, 1.82) is 0 Å². The van der Waals surface area contributed by atoms with Gasteiger partial charge in [0.05, 0.1) is 6.42 Å². The number of carboxylic acids is 1. The Hall–Kier alpha value is -4.14. The average Bonchev–Trinajstić information content (AvgIpc) is 3.46. The molecule has 0 spiro atoms. The zero-order chi connectivity index (χ0) is 24.4. The number of nitrogens with zero attached hydrogens (tertiary/aromatic N) is 2. The molecule has 1 aromatic heterocycles. The number of carbonyl (C=O) groups excluding carboxylic acids is 2. The lowest BCUT2D eigenvalue weighted by Crippen LogP contribution is -2.35. The molecule has 3 aromatic rings. The van der Waals surface area contributed by atoms with Gasteiger partial charge in [-0.05, 0) is 41.0 Å². The number of carboxylic acid groups (broad SMARTS) is 1. The number of nitrogens with one attached hydrogen (secondary N) is 1. The van der Waals surface area contributed by atoms with Crippen LogP contribution in [0.5, 0.6) is 0 Å². The van der Waals surface area contributed by atoms with Crippen molar-refractivity contribution in [1.82, 2.24) is 10.1 Å². The Balaban J connectivity index is 1.20. The molecular formula is C26H25N3O6. The summed E-state index contributed by atoms with van der Waals surface area (Å²) in [6.45, 7) is 0.713. The lowest BCUT2D eigenvalue weighted by Gasteiger charge is -2.20. The minimum Gasteiger partial charge on any atom is -0.481 e. The Bertz CT molecular complexity index is 1220. The first kappa shape index (κ1) is 22.6. The number of ether oxygens (including phenoxy) is 1. The van der Waals surface area contributed by atoms with Crippen LogP contribution in [0.4, 0.5) is 10.7 Å². The predicted octanol–water partition coefficient (Wildman–Crippen LogP) is 4.36. The van der Waals surface area contributed by atoms with Crippen molar-refractivity contribution in [2.24, 2.45) is 5.92 Å². The highest BCUT2D eigenvalue weighted by Gasteiger charge is 2.30. The average molecular weight is 476 g/mol. The molecule has 0 bridgehead atoms. The maximum atomic E-state index is 12.8. The number of rotatable bonds is 9. The highest BCUT2D eigenvalue weighted by Crippen LogP contribution is 2.44. The fourth-order valence-corrected chi connectivity index (χ4v) is 4.45. The molecule has 2 aliphatic carbocycles. The molecule has 1 heterocycles. The number of hydrogen-bond acceptors (Lipinski definition) is 6. The molecule has 9 heteroatoms. The van der Waals surface area contributed by atoms with E-state index in [9.17, 15) is 14.4 Å². The molecule has 2 aromatic carbocycles. The number of anilines is 1. The lowest BCUT2D eigenvalue weighted by molar-refractivity contribution is -0.137. The Kier molecular flexibility index (Phi) is 6.22. The van der Waals surface area contributed by atoms with E-state index in [0.717, 1.165) is 35.1 Å². The van der Waals surface area contributed by atoms with Gasteiger partial charge in [0.1, 0.15) is 6.61 Å². The van der Waals surface area contributed by atoms with Gasteiger partial charge in [0.2, 0.25) is 5.88 Å². The van der Waals surface area contributed by atoms with Gasteiger partial charge in [0.15, 0.2) is 5.69 Å². The Labute approximate surface area is 201 Å². The van der Waals surface area contributed by atoms with Gasteiger partial charge in [-0.1, -0.05) is 53.7 Å². The van der Waals surface area contributed by atoms with E-state index in [1.807, 2.05) is 36.4 Å². The molecule has 0 saturated heterocycles. The van der Waals surface area contributed by atoms with Crippen LogP contribution in [0.25, 0.3) is 11.1 Å². The summed E-state index contributed by atoms with van der Waals surface area (Å²) in [6, 6.07) is 17.4. The van der Waals surface area contributed by atoms with Gasteiger partial charge in [0, 0.05) is 25.1 Å². The second-order valence-electron chi connectivity index (χ2n) is 8.87. The lowest BCUT2D eigenvalue weighted by atomic mass is 9.98. The van der Waals surface area contributed by atoms with Gasteiger partial charge in [-0.2, -0.15) is 0 Å². The number of amides is 2. The summed E-state index contributed by atoms with van der Waals surface area (Å²) in [4.78, 5) is 37.7. The van der Waals surface area contributed by atoms with E-state index in [1.165, 1.54) is 11.0 Å². The molecule has 1 saturated carbocycles. The first-order chi connectivity index (χ1) is 17.0. The Morgan fingerprint density at radius 2 is 1.71 bits per heavy atom. The molecule has 2 N–H and O–H groups in total. The van der Waals surface area contributed by atoms with Crippen molar-refractivity contribution in [3.05, 3.63) is 71.4 Å². The van der Waals surface area contributed by atoms with E-state index >= 15 is 0 Å². The van der Waals surface area contributed by atoms with Gasteiger partial charge < -0.3 is 19.3 Å². The Morgan fingerprint density at radius 1 is 1.06 bits per heavy atom. The van der Waals surface area contributed by atoms with Crippen LogP contribution in [-0.2, 0) is 9.53 Å². The molecular weight excluding hydrogens is 450 g/mol. The molecule has 2 amide bonds. The van der Waals surface area contributed by atoms with Gasteiger partial charge in [-0.25, -0.2) is 4.79 Å². The van der Waals surface area contributed by atoms with E-state index in [-0.39, 0.29) is 37.1 Å². The zero-order valence-electron chi connectivity index (χ0n) is 19.0. The molecule has 2 aliphatic rings. The normalized spacial score (nSPS) is 14.2. The molecule has 5 rings (SSSR count). The molecule has 0 atom stereocenters. The summed E-state index contributed by atoms with van der Waals surface area (Å²) in [6.07, 6.45) is 1.16. The minimum absolute atomic E-state index is 0.00462. The number of benzene rings is 2. The van der Waals surface area contributed by atoms with Crippen LogP contribution in [0.1, 0.15) is 46.8 Å². The van der Waals surface area contributed by atoms with Crippen LogP contribution in [-0.4, -0.2) is 52.8 Å². The minimum atomic E-state index is -0.976. The van der Waals surface area contributed by atoms with Crippen LogP contribution >= 0.6 is 0 Å². The first-order valence-electron chi connectivity index (χ1n) is 11.6. The molecule has 35 heavy (non-hydrogen) atoms. The van der Waals surface area contributed by atoms with E-state index in [4.69, 9.17) is 14.4 Å². The summed E-state index contributed by atoms with van der Waals surface area (Å²) < 4.78 is 10.6. The van der Waals surface area contributed by atoms with Crippen molar-refractivity contribution in [2.75, 3.05) is 25.0 Å². The smallest absolute Gasteiger partial charge is 0.414 e. The summed E-state index contributed by atoms with van der Waals surface area (Å²) in [5, 5.41) is 15.2. The predicted molar refractivity (Wildman–Crippen MR) is 126 cm³/mol. The summed E-state index contributed by atoms with van der Waals surface area (Å²) in [5.41, 5.74) is 4.48. The summed E-state index contributed by atoms with van der Waals surface area (Å²) in [7, 11) is 0. The number of aliphatic carboxylic acids is 1. The van der Waals surface area contributed by atoms with Crippen molar-refractivity contribution in [3.8, 4) is 11.1 Å². The standard InChI is InChI=1S/C26H25N3O6/c30-24(31)11-12-29(14-16-9-10-16)25(32)22-13-23(35-28-22)27-26(33)34-15-21-19-7-3-1-5-17(19)18-6-2-4-8-20(18)21/h1-8,13,16,21H,9-12,14-15H2,(H,27,33)(H,30,31). The van der Waals surface area contributed by atoms with Crippen LogP contribution in [0, 0.1) is 5.92 Å². The third-order valence-corrected chi connectivity index (χ3v) is 6.36. The van der Waals surface area contributed by atoms with Crippen molar-refractivity contribution in [3.63, 3.8) is 0 Å². The largest absolute Gasteiger partial charge is 0.481 e. The third-order valence-electron chi connectivity index (χ3n) is 6.36. The first-order valence-corrected chi connectivity index (χ1v) is 11.6. The van der Waals surface area contributed by atoms with Crippen molar-refractivity contribution in [2.45, 2.75) is 25.2 Å². The topological polar surface area (TPSA) is 122 Å². The van der Waals surface area contributed by atoms with Gasteiger partial charge in [-0.3, -0.25) is 14.9 Å². The molecule has 9 nitrogen and oxygen atoms in total. The Morgan fingerprint density at radius 3 is 2.34 bits per heavy atom. The second-order valence-corrected chi connectivity index (χ2v) is 8.87. The maximum Gasteiger partial charge on any atom is 0.414 e. The van der Waals surface area contributed by atoms with Crippen molar-refractivity contribution >= 4 is 23.9 Å². The van der Waals surface area contributed by atoms with Gasteiger partial charge in [0.25, 0.3) is 5.91 Å². The number of fused-ring (bicyclic) bond motifs is 3. The number of hydrogen-bond donors (Lipinski definition) is 2. The quantitative estimate of drug-likeness (QED) is 0.471. The SMILES string of the molecule is O=C(O)CCN(CC1CC1)C(=O)c1cc(NC(=O)OCC2c3ccccc3-c3ccccc32)on1. The van der Waals surface area contributed by atoms with Crippen LogP contribution in [0.15, 0.2) is 59.1 Å². The van der Waals surface area contributed by atoms with E-state index in [0.29, 0.717) is 12.5 Å². The monoisotopic (exact) mass is 475 g/mol. The molecule has 0 unspecified atom stereocenters. The number of aromatic nitrogens is 1. The van der Waals surface area contributed by atoms with Crippen molar-refractivity contribution < 1.29 is 28.8 Å². The highest BCUT2D eigenvalue weighted by atomic mass is 16.6. The fraction of sp³-hybridized carbons (Fsp3) is 0.308.